The van der Waals surface area contributed by atoms with Gasteiger partial charge in [-0.3, -0.25) is 4.79 Å². The molecule has 1 saturated heterocycles. The van der Waals surface area contributed by atoms with Crippen LogP contribution in [0.25, 0.3) is 0 Å². The number of nitrogens with two attached hydrogens (primary N) is 1. The highest BCUT2D eigenvalue weighted by Crippen LogP contribution is 2.28. The van der Waals surface area contributed by atoms with Crippen LogP contribution in [0.3, 0.4) is 0 Å². The van der Waals surface area contributed by atoms with Crippen molar-refractivity contribution < 1.29 is 9.53 Å². The number of ether oxygens (including phenoxy) is 1. The highest BCUT2D eigenvalue weighted by atomic mass is 79.9. The Morgan fingerprint density at radius 2 is 2.33 bits per heavy atom. The third-order valence-electron chi connectivity index (χ3n) is 3.58. The van der Waals surface area contributed by atoms with Crippen LogP contribution in [0, 0.1) is 0 Å². The molecule has 0 aromatic heterocycles. The maximum Gasteiger partial charge on any atom is 0.239 e. The molecule has 1 heterocycles. The Hall–Kier alpha value is -0.560. The van der Waals surface area contributed by atoms with Crippen molar-refractivity contribution >= 4 is 33.6 Å². The van der Waals surface area contributed by atoms with Crippen molar-refractivity contribution in [2.75, 3.05) is 31.7 Å². The first-order chi connectivity index (χ1) is 10.1. The number of morpholine rings is 1. The van der Waals surface area contributed by atoms with E-state index in [1.54, 1.807) is 11.8 Å². The second kappa shape index (κ2) is 8.17. The zero-order chi connectivity index (χ0) is 15.2. The van der Waals surface area contributed by atoms with Crippen LogP contribution in [0.15, 0.2) is 28.7 Å². The van der Waals surface area contributed by atoms with Gasteiger partial charge >= 0.3 is 0 Å². The number of thioether (sulfide) groups is 1. The molecule has 0 spiro atoms. The molecule has 2 rings (SSSR count). The SMILES string of the molecule is CSCC[C@H](N)C(=O)N1CCO[C@@H](c2ccccc2Br)C1. The molecule has 6 heteroatoms. The van der Waals surface area contributed by atoms with E-state index in [1.165, 1.54) is 0 Å². The minimum absolute atomic E-state index is 0.0319. The summed E-state index contributed by atoms with van der Waals surface area (Å²) in [4.78, 5) is 14.2. The number of carbonyl (C=O) groups excluding carboxylic acids is 1. The number of amides is 1. The molecule has 1 aliphatic heterocycles. The summed E-state index contributed by atoms with van der Waals surface area (Å²) in [7, 11) is 0. The lowest BCUT2D eigenvalue weighted by Crippen LogP contribution is -2.49. The van der Waals surface area contributed by atoms with Crippen molar-refractivity contribution in [2.24, 2.45) is 5.73 Å². The van der Waals surface area contributed by atoms with Crippen molar-refractivity contribution in [3.8, 4) is 0 Å². The molecule has 4 nitrogen and oxygen atoms in total. The van der Waals surface area contributed by atoms with Gasteiger partial charge in [-0.05, 0) is 30.1 Å². The van der Waals surface area contributed by atoms with Crippen molar-refractivity contribution in [1.29, 1.82) is 0 Å². The molecule has 2 atom stereocenters. The molecule has 0 unspecified atom stereocenters. The number of carbonyl (C=O) groups is 1. The van der Waals surface area contributed by atoms with Crippen LogP contribution >= 0.6 is 27.7 Å². The van der Waals surface area contributed by atoms with E-state index in [-0.39, 0.29) is 12.0 Å². The Morgan fingerprint density at radius 1 is 1.57 bits per heavy atom. The molecular formula is C15H21BrN2O2S. The normalized spacial score (nSPS) is 20.3. The number of hydrogen-bond acceptors (Lipinski definition) is 4. The summed E-state index contributed by atoms with van der Waals surface area (Å²) in [6.45, 7) is 1.73. The fourth-order valence-electron chi connectivity index (χ4n) is 2.38. The number of rotatable bonds is 5. The first-order valence-electron chi connectivity index (χ1n) is 7.02. The van der Waals surface area contributed by atoms with Crippen LogP contribution in [0.4, 0.5) is 0 Å². The van der Waals surface area contributed by atoms with Crippen LogP contribution < -0.4 is 5.73 Å². The number of nitrogens with zero attached hydrogens (tertiary/aromatic N) is 1. The summed E-state index contributed by atoms with van der Waals surface area (Å²) in [6.07, 6.45) is 2.65. The Kier molecular flexibility index (Phi) is 6.54. The van der Waals surface area contributed by atoms with E-state index in [2.05, 4.69) is 15.9 Å². The maximum atomic E-state index is 12.4. The molecule has 21 heavy (non-hydrogen) atoms. The molecule has 116 valence electrons. The second-order valence-electron chi connectivity index (χ2n) is 5.05. The highest BCUT2D eigenvalue weighted by molar-refractivity contribution is 9.10. The minimum atomic E-state index is -0.407. The molecule has 0 aliphatic carbocycles. The summed E-state index contributed by atoms with van der Waals surface area (Å²) >= 11 is 5.25. The average Bonchev–Trinajstić information content (AvgIpc) is 2.52. The molecule has 0 radical (unpaired) electrons. The number of hydrogen-bond donors (Lipinski definition) is 1. The minimum Gasteiger partial charge on any atom is -0.370 e. The zero-order valence-electron chi connectivity index (χ0n) is 12.1. The van der Waals surface area contributed by atoms with Gasteiger partial charge < -0.3 is 15.4 Å². The van der Waals surface area contributed by atoms with Gasteiger partial charge in [-0.25, -0.2) is 0 Å². The summed E-state index contributed by atoms with van der Waals surface area (Å²) in [5.41, 5.74) is 7.07. The quantitative estimate of drug-likeness (QED) is 0.862. The van der Waals surface area contributed by atoms with E-state index in [0.717, 1.165) is 22.2 Å². The van der Waals surface area contributed by atoms with E-state index in [9.17, 15) is 4.79 Å². The molecule has 2 N–H and O–H groups in total. The van der Waals surface area contributed by atoms with Crippen LogP contribution in [0.5, 0.6) is 0 Å². The largest absolute Gasteiger partial charge is 0.370 e. The van der Waals surface area contributed by atoms with E-state index in [4.69, 9.17) is 10.5 Å². The zero-order valence-corrected chi connectivity index (χ0v) is 14.5. The Morgan fingerprint density at radius 3 is 3.05 bits per heavy atom. The summed E-state index contributed by atoms with van der Waals surface area (Å²) in [5, 5.41) is 0. The van der Waals surface area contributed by atoms with E-state index in [1.807, 2.05) is 35.4 Å². The van der Waals surface area contributed by atoms with E-state index >= 15 is 0 Å². The van der Waals surface area contributed by atoms with Gasteiger partial charge in [0, 0.05) is 11.0 Å². The fraction of sp³-hybridized carbons (Fsp3) is 0.533. The van der Waals surface area contributed by atoms with Crippen LogP contribution in [0.2, 0.25) is 0 Å². The predicted octanol–water partition coefficient (Wildman–Crippen LogP) is 2.43. The summed E-state index contributed by atoms with van der Waals surface area (Å²) in [5.74, 6) is 0.940. The topological polar surface area (TPSA) is 55.6 Å². The fourth-order valence-corrected chi connectivity index (χ4v) is 3.41. The number of halogens is 1. The molecule has 1 aromatic rings. The summed E-state index contributed by atoms with van der Waals surface area (Å²) < 4.78 is 6.83. The van der Waals surface area contributed by atoms with Gasteiger partial charge in [0.25, 0.3) is 0 Å². The van der Waals surface area contributed by atoms with Crippen molar-refractivity contribution in [2.45, 2.75) is 18.6 Å². The van der Waals surface area contributed by atoms with E-state index in [0.29, 0.717) is 19.7 Å². The first kappa shape index (κ1) is 16.8. The Bertz CT molecular complexity index is 486. The van der Waals surface area contributed by atoms with Gasteiger partial charge in [0.05, 0.1) is 19.2 Å². The first-order valence-corrected chi connectivity index (χ1v) is 9.21. The smallest absolute Gasteiger partial charge is 0.239 e. The van der Waals surface area contributed by atoms with E-state index < -0.39 is 6.04 Å². The molecule has 1 amide bonds. The van der Waals surface area contributed by atoms with Crippen LogP contribution in [-0.2, 0) is 9.53 Å². The standard InChI is InChI=1S/C15H21BrN2O2S/c1-21-9-6-13(17)15(19)18-7-8-20-14(10-18)11-4-2-3-5-12(11)16/h2-5,13-14H,6-10,17H2,1H3/t13-,14+/m0/s1. The average molecular weight is 373 g/mol. The Balaban J connectivity index is 2.00. The van der Waals surface area contributed by atoms with Gasteiger partial charge in [0.15, 0.2) is 0 Å². The molecule has 0 saturated carbocycles. The third kappa shape index (κ3) is 4.45. The Labute approximate surface area is 138 Å². The lowest BCUT2D eigenvalue weighted by atomic mass is 10.1. The molecule has 0 bridgehead atoms. The van der Waals surface area contributed by atoms with Gasteiger partial charge in [-0.2, -0.15) is 11.8 Å². The number of benzene rings is 1. The molecular weight excluding hydrogens is 352 g/mol. The third-order valence-corrected chi connectivity index (χ3v) is 4.95. The lowest BCUT2D eigenvalue weighted by Gasteiger charge is -2.35. The van der Waals surface area contributed by atoms with Crippen LogP contribution in [0.1, 0.15) is 18.1 Å². The van der Waals surface area contributed by atoms with Crippen molar-refractivity contribution in [3.05, 3.63) is 34.3 Å². The van der Waals surface area contributed by atoms with Gasteiger partial charge in [0.1, 0.15) is 6.10 Å². The lowest BCUT2D eigenvalue weighted by molar-refractivity contribution is -0.140. The monoisotopic (exact) mass is 372 g/mol. The maximum absolute atomic E-state index is 12.4. The highest BCUT2D eigenvalue weighted by Gasteiger charge is 2.28. The summed E-state index contributed by atoms with van der Waals surface area (Å²) in [6, 6.07) is 7.56. The van der Waals surface area contributed by atoms with Crippen LogP contribution in [-0.4, -0.2) is 48.6 Å². The molecule has 1 aromatic carbocycles. The van der Waals surface area contributed by atoms with Crippen molar-refractivity contribution in [3.63, 3.8) is 0 Å². The van der Waals surface area contributed by atoms with Crippen molar-refractivity contribution in [1.82, 2.24) is 4.90 Å². The van der Waals surface area contributed by atoms with Gasteiger partial charge in [-0.15, -0.1) is 0 Å². The van der Waals surface area contributed by atoms with Gasteiger partial charge in [-0.1, -0.05) is 34.1 Å². The predicted molar refractivity (Wildman–Crippen MR) is 90.4 cm³/mol. The molecule has 1 fully saturated rings. The molecule has 1 aliphatic rings. The van der Waals surface area contributed by atoms with Gasteiger partial charge in [0.2, 0.25) is 5.91 Å². The second-order valence-corrected chi connectivity index (χ2v) is 6.89.